The maximum Gasteiger partial charge on any atom is 0.0645 e. The average Bonchev–Trinajstić information content (AvgIpc) is 1.51. The first-order valence-corrected chi connectivity index (χ1v) is 27.4. The van der Waals surface area contributed by atoms with E-state index >= 15 is 0 Å². The molecule has 0 fully saturated rings. The molecular formula is C78H50N4. The Labute approximate surface area is 488 Å². The van der Waals surface area contributed by atoms with Gasteiger partial charge in [-0.05, 0) is 106 Å². The number of nitrogens with zero attached hydrogens (tertiary/aromatic N) is 4. The van der Waals surface area contributed by atoms with Crippen molar-refractivity contribution in [1.29, 1.82) is 0 Å². The second kappa shape index (κ2) is 18.3. The summed E-state index contributed by atoms with van der Waals surface area (Å²) in [6, 6.07) is 77.6. The maximum atomic E-state index is 9.71. The number of benzene rings is 13. The smallest absolute Gasteiger partial charge is 0.0645 e. The van der Waals surface area contributed by atoms with Gasteiger partial charge in [0.1, 0.15) is 0 Å². The van der Waals surface area contributed by atoms with Crippen LogP contribution in [0, 0.1) is 0 Å². The number of hydrogen-bond acceptors (Lipinski definition) is 2. The SMILES string of the molecule is [2H]c1c([2H])c([2H])c(N(c2cc(-c3ccccc3)ccc2-c2ccccc2)c2ccc3c4cc5c(cc4n4c6ccccc6c2c34)c2ccc(N(c3cc(-c4ccccc4)ccc3-c3ccccc3)c3c([2H])c([2H])c([2H])c([2H])c3[2H])c3c4ccccc4n5c23)c([2H])c1[2H]. The van der Waals surface area contributed by atoms with E-state index in [1.807, 2.05) is 168 Å². The van der Waals surface area contributed by atoms with Crippen LogP contribution in [0.2, 0.25) is 0 Å². The maximum absolute atomic E-state index is 9.71. The van der Waals surface area contributed by atoms with Gasteiger partial charge in [-0.1, -0.05) is 230 Å². The van der Waals surface area contributed by atoms with Gasteiger partial charge in [0.05, 0.1) is 69.6 Å². The van der Waals surface area contributed by atoms with Gasteiger partial charge in [-0.3, -0.25) is 0 Å². The summed E-state index contributed by atoms with van der Waals surface area (Å²) in [5.74, 6) is 0. The van der Waals surface area contributed by atoms with Crippen LogP contribution in [0.25, 0.3) is 121 Å². The third-order valence-electron chi connectivity index (χ3n) is 16.5. The highest BCUT2D eigenvalue weighted by molar-refractivity contribution is 6.32. The minimum absolute atomic E-state index is 0.0183. The van der Waals surface area contributed by atoms with Crippen LogP contribution in [-0.2, 0) is 0 Å². The molecule has 0 saturated heterocycles. The number of rotatable bonds is 10. The van der Waals surface area contributed by atoms with Gasteiger partial charge in [0, 0.05) is 65.6 Å². The third kappa shape index (κ3) is 6.92. The molecule has 4 heteroatoms. The van der Waals surface area contributed by atoms with E-state index in [9.17, 15) is 5.48 Å². The quantitative estimate of drug-likeness (QED) is 0.136. The Kier molecular flexibility index (Phi) is 8.27. The molecule has 4 aromatic heterocycles. The van der Waals surface area contributed by atoms with Crippen LogP contribution in [0.4, 0.5) is 34.1 Å². The van der Waals surface area contributed by atoms with Gasteiger partial charge in [0.2, 0.25) is 0 Å². The predicted octanol–water partition coefficient (Wildman–Crippen LogP) is 21.6. The zero-order valence-corrected chi connectivity index (χ0v) is 43.9. The van der Waals surface area contributed by atoms with Crippen molar-refractivity contribution in [2.75, 3.05) is 9.80 Å². The highest BCUT2D eigenvalue weighted by Gasteiger charge is 2.30. The number of fused-ring (bicyclic) bond motifs is 12. The van der Waals surface area contributed by atoms with E-state index in [-0.39, 0.29) is 35.5 Å². The van der Waals surface area contributed by atoms with Crippen LogP contribution >= 0.6 is 0 Å². The summed E-state index contributed by atoms with van der Waals surface area (Å²) in [5, 5.41) is 7.32. The molecule has 0 aliphatic rings. The van der Waals surface area contributed by atoms with Crippen LogP contribution in [0.1, 0.15) is 13.7 Å². The lowest BCUT2D eigenvalue weighted by Gasteiger charge is -2.29. The van der Waals surface area contributed by atoms with E-state index in [0.29, 0.717) is 22.7 Å². The van der Waals surface area contributed by atoms with E-state index in [2.05, 4.69) is 93.7 Å². The van der Waals surface area contributed by atoms with E-state index in [4.69, 9.17) is 8.22 Å². The van der Waals surface area contributed by atoms with Gasteiger partial charge in [0.15, 0.2) is 0 Å². The predicted molar refractivity (Wildman–Crippen MR) is 347 cm³/mol. The summed E-state index contributed by atoms with van der Waals surface area (Å²) in [6.45, 7) is 0. The molecule has 4 heterocycles. The van der Waals surface area contributed by atoms with Gasteiger partial charge in [0.25, 0.3) is 0 Å². The van der Waals surface area contributed by atoms with Gasteiger partial charge >= 0.3 is 0 Å². The lowest BCUT2D eigenvalue weighted by Crippen LogP contribution is -2.12. The fourth-order valence-electron chi connectivity index (χ4n) is 13.1. The van der Waals surface area contributed by atoms with Crippen molar-refractivity contribution in [2.24, 2.45) is 0 Å². The fraction of sp³-hybridized carbons (Fsp3) is 0. The summed E-state index contributed by atoms with van der Waals surface area (Å²) >= 11 is 0. The molecule has 0 amide bonds. The number of hydrogen-bond donors (Lipinski definition) is 0. The molecule has 0 unspecified atom stereocenters. The second-order valence-electron chi connectivity index (χ2n) is 20.8. The monoisotopic (exact) mass is 1050 g/mol. The minimum Gasteiger partial charge on any atom is -0.309 e. The van der Waals surface area contributed by atoms with Crippen molar-refractivity contribution in [2.45, 2.75) is 0 Å². The average molecular weight is 1050 g/mol. The van der Waals surface area contributed by atoms with Crippen LogP contribution < -0.4 is 9.80 Å². The van der Waals surface area contributed by atoms with Crippen LogP contribution in [0.5, 0.6) is 0 Å². The topological polar surface area (TPSA) is 15.3 Å². The Morgan fingerprint density at radius 2 is 0.622 bits per heavy atom. The Balaban J connectivity index is 0.965. The molecule has 0 spiro atoms. The summed E-state index contributed by atoms with van der Waals surface area (Å²) in [7, 11) is 0. The molecule has 0 bridgehead atoms. The number of aromatic nitrogens is 2. The number of para-hydroxylation sites is 4. The normalized spacial score (nSPS) is 13.6. The molecular weight excluding hydrogens is 993 g/mol. The summed E-state index contributed by atoms with van der Waals surface area (Å²) in [6.07, 6.45) is 0. The van der Waals surface area contributed by atoms with Gasteiger partial charge in [-0.2, -0.15) is 0 Å². The van der Waals surface area contributed by atoms with Gasteiger partial charge < -0.3 is 18.6 Å². The van der Waals surface area contributed by atoms with Crippen molar-refractivity contribution < 1.29 is 13.7 Å². The van der Waals surface area contributed by atoms with E-state index in [0.717, 1.165) is 121 Å². The Hall–Kier alpha value is -10.9. The highest BCUT2D eigenvalue weighted by atomic mass is 15.2. The molecule has 13 aromatic carbocycles. The molecule has 0 radical (unpaired) electrons. The number of anilines is 6. The molecule has 0 N–H and O–H groups in total. The molecule has 0 aliphatic heterocycles. The molecule has 4 nitrogen and oxygen atoms in total. The first kappa shape index (κ1) is 37.0. The minimum atomic E-state index is -0.480. The summed E-state index contributed by atoms with van der Waals surface area (Å²) in [5.41, 5.74) is 15.1. The highest BCUT2D eigenvalue weighted by Crippen LogP contribution is 2.53. The molecule has 17 aromatic rings. The Bertz CT molecular complexity index is 5470. The van der Waals surface area contributed by atoms with Crippen molar-refractivity contribution in [3.63, 3.8) is 0 Å². The molecule has 0 atom stereocenters. The summed E-state index contributed by atoms with van der Waals surface area (Å²) < 4.78 is 97.5. The Morgan fingerprint density at radius 1 is 0.256 bits per heavy atom. The van der Waals surface area contributed by atoms with Gasteiger partial charge in [-0.15, -0.1) is 0 Å². The standard InChI is InChI=1S/C78H50N4/c1-7-23-51(24-8-1)55-39-41-59(53-27-11-3-12-28-53)71(47-55)79(57-31-15-5-16-32-57)69-45-43-61-65-49-74-66(50-73(65)81-67-37-21-19-35-63(67)75(69)77(61)81)62-44-46-70(76-64-36-20-22-38-68(64)82(74)78(62)76)80(58-33-17-6-18-34-58)72-48-56(52-25-9-2-10-26-52)40-42-60(72)54-29-13-4-14-30-54/h1-50H/i5D,6D,15D,16D,17D,18D,31D,32D,33D,34D. The first-order chi connectivity index (χ1) is 44.9. The first-order valence-electron chi connectivity index (χ1n) is 32.4. The second-order valence-corrected chi connectivity index (χ2v) is 20.8. The molecule has 17 rings (SSSR count). The largest absolute Gasteiger partial charge is 0.309 e. The molecule has 82 heavy (non-hydrogen) atoms. The molecule has 0 aliphatic carbocycles. The lowest BCUT2D eigenvalue weighted by molar-refractivity contribution is 1.30. The van der Waals surface area contributed by atoms with Crippen molar-refractivity contribution in [1.82, 2.24) is 8.80 Å². The van der Waals surface area contributed by atoms with E-state index < -0.39 is 36.3 Å². The molecule has 382 valence electrons. The third-order valence-corrected chi connectivity index (χ3v) is 16.5. The van der Waals surface area contributed by atoms with Crippen molar-refractivity contribution >= 4 is 110 Å². The zero-order valence-electron chi connectivity index (χ0n) is 53.9. The van der Waals surface area contributed by atoms with Crippen LogP contribution in [0.15, 0.2) is 303 Å². The van der Waals surface area contributed by atoms with E-state index in [1.54, 1.807) is 0 Å². The zero-order chi connectivity index (χ0) is 62.5. The summed E-state index contributed by atoms with van der Waals surface area (Å²) in [4.78, 5) is 3.78. The van der Waals surface area contributed by atoms with Crippen LogP contribution in [0.3, 0.4) is 0 Å². The van der Waals surface area contributed by atoms with Crippen molar-refractivity contribution in [3.05, 3.63) is 303 Å². The van der Waals surface area contributed by atoms with E-state index in [1.165, 1.54) is 0 Å². The Morgan fingerprint density at radius 3 is 1.02 bits per heavy atom. The molecule has 0 saturated carbocycles. The van der Waals surface area contributed by atoms with Crippen LogP contribution in [-0.4, -0.2) is 8.80 Å². The lowest BCUT2D eigenvalue weighted by atomic mass is 9.96. The fourth-order valence-corrected chi connectivity index (χ4v) is 13.1. The van der Waals surface area contributed by atoms with Crippen molar-refractivity contribution in [3.8, 4) is 44.5 Å². The van der Waals surface area contributed by atoms with Gasteiger partial charge in [-0.25, -0.2) is 0 Å².